The van der Waals surface area contributed by atoms with E-state index in [9.17, 15) is 0 Å². The molecule has 1 unspecified atom stereocenters. The molecule has 0 aliphatic carbocycles. The Morgan fingerprint density at radius 2 is 1.89 bits per heavy atom. The van der Waals surface area contributed by atoms with E-state index >= 15 is 0 Å². The summed E-state index contributed by atoms with van der Waals surface area (Å²) in [6.45, 7) is 7.52. The van der Waals surface area contributed by atoms with Crippen molar-refractivity contribution in [2.75, 3.05) is 6.54 Å². The zero-order chi connectivity index (χ0) is 13.0. The van der Waals surface area contributed by atoms with Gasteiger partial charge in [-0.2, -0.15) is 0 Å². The van der Waals surface area contributed by atoms with Crippen molar-refractivity contribution in [1.29, 1.82) is 0 Å². The maximum absolute atomic E-state index is 3.60. The van der Waals surface area contributed by atoms with Gasteiger partial charge in [0.05, 0.1) is 0 Å². The van der Waals surface area contributed by atoms with E-state index in [1.165, 1.54) is 21.6 Å². The second kappa shape index (κ2) is 6.17. The minimum absolute atomic E-state index is 0.423. The fourth-order valence-corrected chi connectivity index (χ4v) is 3.15. The molecular formula is C16H21NS. The zero-order valence-corrected chi connectivity index (χ0v) is 12.2. The molecule has 2 aromatic rings. The molecule has 1 N–H and O–H groups in total. The summed E-state index contributed by atoms with van der Waals surface area (Å²) in [6, 6.07) is 11.6. The van der Waals surface area contributed by atoms with Crippen LogP contribution in [-0.4, -0.2) is 6.54 Å². The summed E-state index contributed by atoms with van der Waals surface area (Å²) < 4.78 is 0. The summed E-state index contributed by atoms with van der Waals surface area (Å²) in [4.78, 5) is 1.44. The molecule has 0 bridgehead atoms. The molecule has 1 nitrogen and oxygen atoms in total. The average molecular weight is 259 g/mol. The predicted octanol–water partition coefficient (Wildman–Crippen LogP) is 4.26. The molecule has 1 atom stereocenters. The van der Waals surface area contributed by atoms with Crippen LogP contribution in [0.1, 0.15) is 34.5 Å². The minimum atomic E-state index is 0.423. The van der Waals surface area contributed by atoms with Gasteiger partial charge >= 0.3 is 0 Å². The van der Waals surface area contributed by atoms with Crippen molar-refractivity contribution in [3.05, 3.63) is 57.3 Å². The average Bonchev–Trinajstić information content (AvgIpc) is 2.80. The smallest absolute Gasteiger partial charge is 0.0368 e. The van der Waals surface area contributed by atoms with E-state index in [0.717, 1.165) is 13.0 Å². The van der Waals surface area contributed by atoms with Crippen molar-refractivity contribution in [2.24, 2.45) is 0 Å². The molecule has 0 saturated carbocycles. The van der Waals surface area contributed by atoms with E-state index in [2.05, 4.69) is 61.8 Å². The third-order valence-electron chi connectivity index (χ3n) is 3.08. The van der Waals surface area contributed by atoms with Crippen LogP contribution in [0.15, 0.2) is 35.7 Å². The van der Waals surface area contributed by atoms with Crippen LogP contribution < -0.4 is 5.32 Å². The monoisotopic (exact) mass is 259 g/mol. The summed E-state index contributed by atoms with van der Waals surface area (Å²) in [5.74, 6) is 0. The normalized spacial score (nSPS) is 12.6. The van der Waals surface area contributed by atoms with E-state index in [1.807, 2.05) is 11.3 Å². The van der Waals surface area contributed by atoms with Gasteiger partial charge in [0, 0.05) is 17.3 Å². The largest absolute Gasteiger partial charge is 0.310 e. The third-order valence-corrected chi connectivity index (χ3v) is 3.98. The number of hydrogen-bond acceptors (Lipinski definition) is 2. The molecule has 0 aliphatic heterocycles. The van der Waals surface area contributed by atoms with Crippen LogP contribution in [0.2, 0.25) is 0 Å². The van der Waals surface area contributed by atoms with E-state index in [-0.39, 0.29) is 0 Å². The lowest BCUT2D eigenvalue weighted by Crippen LogP contribution is -2.22. The molecule has 1 heterocycles. The fourth-order valence-electron chi connectivity index (χ4n) is 2.40. The first-order valence-corrected chi connectivity index (χ1v) is 7.41. The Morgan fingerprint density at radius 1 is 1.17 bits per heavy atom. The Balaban J connectivity index is 2.23. The molecule has 18 heavy (non-hydrogen) atoms. The molecule has 0 aliphatic rings. The number of benzene rings is 1. The van der Waals surface area contributed by atoms with Crippen molar-refractivity contribution in [1.82, 2.24) is 5.32 Å². The minimum Gasteiger partial charge on any atom is -0.310 e. The second-order valence-electron chi connectivity index (χ2n) is 4.81. The van der Waals surface area contributed by atoms with Crippen LogP contribution in [-0.2, 0) is 6.42 Å². The first-order valence-electron chi connectivity index (χ1n) is 6.53. The predicted molar refractivity (Wildman–Crippen MR) is 80.4 cm³/mol. The Hall–Kier alpha value is -1.12. The summed E-state index contributed by atoms with van der Waals surface area (Å²) in [7, 11) is 0. The zero-order valence-electron chi connectivity index (χ0n) is 11.4. The second-order valence-corrected chi connectivity index (χ2v) is 5.85. The molecule has 96 valence electrons. The summed E-state index contributed by atoms with van der Waals surface area (Å²) in [5.41, 5.74) is 4.10. The first-order chi connectivity index (χ1) is 8.69. The number of aryl methyl sites for hydroxylation is 2. The summed E-state index contributed by atoms with van der Waals surface area (Å²) in [6.07, 6.45) is 1.08. The van der Waals surface area contributed by atoms with Crippen molar-refractivity contribution in [2.45, 2.75) is 33.2 Å². The Bertz CT molecular complexity index is 468. The molecule has 0 fully saturated rings. The van der Waals surface area contributed by atoms with Gasteiger partial charge in [-0.15, -0.1) is 11.3 Å². The van der Waals surface area contributed by atoms with E-state index in [0.29, 0.717) is 6.04 Å². The lowest BCUT2D eigenvalue weighted by atomic mass is 9.98. The highest BCUT2D eigenvalue weighted by Gasteiger charge is 2.12. The van der Waals surface area contributed by atoms with Crippen molar-refractivity contribution in [3.63, 3.8) is 0 Å². The van der Waals surface area contributed by atoms with E-state index in [4.69, 9.17) is 0 Å². The molecule has 2 heteroatoms. The highest BCUT2D eigenvalue weighted by atomic mass is 32.1. The Labute approximate surface area is 114 Å². The van der Waals surface area contributed by atoms with Crippen LogP contribution in [0.5, 0.6) is 0 Å². The maximum Gasteiger partial charge on any atom is 0.0368 e. The number of hydrogen-bond donors (Lipinski definition) is 1. The Morgan fingerprint density at radius 3 is 2.44 bits per heavy atom. The third kappa shape index (κ3) is 3.44. The van der Waals surface area contributed by atoms with Crippen molar-refractivity contribution >= 4 is 11.3 Å². The van der Waals surface area contributed by atoms with Gasteiger partial charge in [0.25, 0.3) is 0 Å². The van der Waals surface area contributed by atoms with Gasteiger partial charge in [-0.3, -0.25) is 0 Å². The Kier molecular flexibility index (Phi) is 4.56. The van der Waals surface area contributed by atoms with Crippen LogP contribution in [0.3, 0.4) is 0 Å². The van der Waals surface area contributed by atoms with E-state index < -0.39 is 0 Å². The highest BCUT2D eigenvalue weighted by molar-refractivity contribution is 7.09. The number of thiophene rings is 1. The van der Waals surface area contributed by atoms with Gasteiger partial charge < -0.3 is 5.32 Å². The van der Waals surface area contributed by atoms with Gasteiger partial charge in [-0.25, -0.2) is 0 Å². The molecule has 2 rings (SSSR count). The van der Waals surface area contributed by atoms with E-state index in [1.54, 1.807) is 0 Å². The lowest BCUT2D eigenvalue weighted by Gasteiger charge is -2.19. The topological polar surface area (TPSA) is 12.0 Å². The van der Waals surface area contributed by atoms with Gasteiger partial charge in [-0.05, 0) is 37.4 Å². The van der Waals surface area contributed by atoms with Crippen LogP contribution in [0.25, 0.3) is 0 Å². The van der Waals surface area contributed by atoms with Crippen LogP contribution in [0, 0.1) is 13.8 Å². The molecule has 0 saturated heterocycles. The quantitative estimate of drug-likeness (QED) is 0.846. The fraction of sp³-hybridized carbons (Fsp3) is 0.375. The van der Waals surface area contributed by atoms with Crippen LogP contribution in [0.4, 0.5) is 0 Å². The van der Waals surface area contributed by atoms with Gasteiger partial charge in [0.15, 0.2) is 0 Å². The first kappa shape index (κ1) is 13.3. The molecule has 0 spiro atoms. The van der Waals surface area contributed by atoms with Crippen LogP contribution >= 0.6 is 11.3 Å². The standard InChI is InChI=1S/C16H21NS/c1-4-17-16(11-15-6-5-7-18-15)14-9-12(2)8-13(3)10-14/h5-10,16-17H,4,11H2,1-3H3. The number of likely N-dealkylation sites (N-methyl/N-ethyl adjacent to an activating group) is 1. The highest BCUT2D eigenvalue weighted by Crippen LogP contribution is 2.23. The SMILES string of the molecule is CCNC(Cc1cccs1)c1cc(C)cc(C)c1. The summed E-state index contributed by atoms with van der Waals surface area (Å²) >= 11 is 1.84. The van der Waals surface area contributed by atoms with Crippen molar-refractivity contribution in [3.8, 4) is 0 Å². The van der Waals surface area contributed by atoms with Gasteiger partial charge in [0.1, 0.15) is 0 Å². The molecule has 0 radical (unpaired) electrons. The van der Waals surface area contributed by atoms with Gasteiger partial charge in [0.2, 0.25) is 0 Å². The maximum atomic E-state index is 3.60. The number of rotatable bonds is 5. The van der Waals surface area contributed by atoms with Crippen molar-refractivity contribution < 1.29 is 0 Å². The molecule has 1 aromatic carbocycles. The number of nitrogens with one attached hydrogen (secondary N) is 1. The molecule has 1 aromatic heterocycles. The van der Waals surface area contributed by atoms with Gasteiger partial charge in [-0.1, -0.05) is 42.3 Å². The summed E-state index contributed by atoms with van der Waals surface area (Å²) in [5, 5.41) is 5.75. The molecule has 0 amide bonds. The lowest BCUT2D eigenvalue weighted by molar-refractivity contribution is 0.553. The molecular weight excluding hydrogens is 238 g/mol.